The Morgan fingerprint density at radius 1 is 1.30 bits per heavy atom. The lowest BCUT2D eigenvalue weighted by Crippen LogP contribution is -2.30. The van der Waals surface area contributed by atoms with E-state index >= 15 is 0 Å². The number of carbonyl (C=O) groups excluding carboxylic acids is 1. The zero-order valence-electron chi connectivity index (χ0n) is 15.5. The Bertz CT molecular complexity index is 788. The monoisotopic (exact) mass is 372 g/mol. The van der Waals surface area contributed by atoms with Crippen molar-refractivity contribution in [3.63, 3.8) is 0 Å². The summed E-state index contributed by atoms with van der Waals surface area (Å²) < 4.78 is 19.0. The molecule has 0 radical (unpaired) electrons. The van der Waals surface area contributed by atoms with E-state index in [1.165, 1.54) is 0 Å². The minimum Gasteiger partial charge on any atom is -0.494 e. The van der Waals surface area contributed by atoms with Gasteiger partial charge in [-0.2, -0.15) is 5.10 Å². The number of ether oxygens (including phenoxy) is 1. The summed E-state index contributed by atoms with van der Waals surface area (Å²) in [5, 5.41) is 7.26. The van der Waals surface area contributed by atoms with Crippen molar-refractivity contribution in [3.05, 3.63) is 41.5 Å². The maximum Gasteiger partial charge on any atom is 0.227 e. The number of aromatic nitrogens is 3. The maximum atomic E-state index is 13.6. The predicted octanol–water partition coefficient (Wildman–Crippen LogP) is 2.84. The Hall–Kier alpha value is -2.44. The predicted molar refractivity (Wildman–Crippen MR) is 98.5 cm³/mol. The summed E-state index contributed by atoms with van der Waals surface area (Å²) in [7, 11) is 0. The van der Waals surface area contributed by atoms with Gasteiger partial charge in [0.1, 0.15) is 11.6 Å². The number of rotatable bonds is 7. The molecule has 144 valence electrons. The summed E-state index contributed by atoms with van der Waals surface area (Å²) in [6.07, 6.45) is 2.56. The Labute approximate surface area is 158 Å². The number of carbonyl (C=O) groups is 1. The second-order valence-electron chi connectivity index (χ2n) is 7.43. The number of aromatic amines is 1. The molecule has 1 saturated carbocycles. The number of alkyl halides is 1. The highest BCUT2D eigenvalue weighted by Crippen LogP contribution is 2.39. The molecule has 4 rings (SSSR count). The third-order valence-electron chi connectivity index (χ3n) is 5.40. The quantitative estimate of drug-likeness (QED) is 0.811. The van der Waals surface area contributed by atoms with Crippen LogP contribution >= 0.6 is 0 Å². The zero-order valence-corrected chi connectivity index (χ0v) is 15.5. The third-order valence-corrected chi connectivity index (χ3v) is 5.40. The highest BCUT2D eigenvalue weighted by Gasteiger charge is 2.39. The molecule has 2 atom stereocenters. The van der Waals surface area contributed by atoms with Crippen LogP contribution in [0.25, 0.3) is 0 Å². The first-order valence-electron chi connectivity index (χ1n) is 9.65. The van der Waals surface area contributed by atoms with Crippen LogP contribution < -0.4 is 4.74 Å². The third kappa shape index (κ3) is 3.96. The molecule has 2 fully saturated rings. The number of hydrogen-bond acceptors (Lipinski definition) is 4. The van der Waals surface area contributed by atoms with Gasteiger partial charge in [0.2, 0.25) is 5.91 Å². The molecule has 6 nitrogen and oxygen atoms in total. The van der Waals surface area contributed by atoms with Crippen molar-refractivity contribution in [1.29, 1.82) is 0 Å². The molecule has 1 aromatic carbocycles. The fourth-order valence-electron chi connectivity index (χ4n) is 3.68. The number of halogens is 1. The van der Waals surface area contributed by atoms with Gasteiger partial charge in [0.15, 0.2) is 5.82 Å². The van der Waals surface area contributed by atoms with Crippen LogP contribution in [0.1, 0.15) is 48.8 Å². The number of benzene rings is 1. The van der Waals surface area contributed by atoms with Crippen LogP contribution in [-0.2, 0) is 11.2 Å². The molecular weight excluding hydrogens is 347 g/mol. The fourth-order valence-corrected chi connectivity index (χ4v) is 3.68. The standard InChI is InChI=1S/C20H25FN4O2/c1-2-27-16-7-3-13(4-8-16)9-18(26)25-11-15(10-21)17(12-25)20-22-19(23-24-20)14-5-6-14/h3-4,7-8,14-15,17H,2,5-6,9-12H2,1H3,(H,22,23,24). The summed E-state index contributed by atoms with van der Waals surface area (Å²) in [5.74, 6) is 2.48. The highest BCUT2D eigenvalue weighted by molar-refractivity contribution is 5.79. The van der Waals surface area contributed by atoms with Crippen molar-refractivity contribution in [1.82, 2.24) is 20.1 Å². The van der Waals surface area contributed by atoms with Crippen molar-refractivity contribution in [2.75, 3.05) is 26.4 Å². The van der Waals surface area contributed by atoms with Gasteiger partial charge in [-0.05, 0) is 37.5 Å². The number of amides is 1. The average molecular weight is 372 g/mol. The van der Waals surface area contributed by atoms with E-state index in [-0.39, 0.29) is 17.7 Å². The number of likely N-dealkylation sites (tertiary alicyclic amines) is 1. The Morgan fingerprint density at radius 2 is 2.07 bits per heavy atom. The first-order valence-corrected chi connectivity index (χ1v) is 9.65. The normalized spacial score (nSPS) is 22.2. The van der Waals surface area contributed by atoms with E-state index in [4.69, 9.17) is 4.74 Å². The van der Waals surface area contributed by atoms with Gasteiger partial charge in [-0.1, -0.05) is 12.1 Å². The molecule has 2 heterocycles. The first-order chi connectivity index (χ1) is 13.2. The largest absolute Gasteiger partial charge is 0.494 e. The molecule has 1 saturated heterocycles. The second kappa shape index (κ2) is 7.66. The second-order valence-corrected chi connectivity index (χ2v) is 7.43. The lowest BCUT2D eigenvalue weighted by Gasteiger charge is -2.16. The summed E-state index contributed by atoms with van der Waals surface area (Å²) in [4.78, 5) is 19.0. The lowest BCUT2D eigenvalue weighted by atomic mass is 9.97. The summed E-state index contributed by atoms with van der Waals surface area (Å²) in [5.41, 5.74) is 0.930. The van der Waals surface area contributed by atoms with E-state index in [9.17, 15) is 9.18 Å². The molecule has 2 aromatic rings. The van der Waals surface area contributed by atoms with Gasteiger partial charge in [0, 0.05) is 30.8 Å². The van der Waals surface area contributed by atoms with Gasteiger partial charge >= 0.3 is 0 Å². The van der Waals surface area contributed by atoms with Crippen molar-refractivity contribution in [3.8, 4) is 5.75 Å². The highest BCUT2D eigenvalue weighted by atomic mass is 19.1. The molecule has 1 aliphatic heterocycles. The van der Waals surface area contributed by atoms with Gasteiger partial charge in [-0.3, -0.25) is 14.3 Å². The average Bonchev–Trinajstić information content (AvgIpc) is 3.25. The van der Waals surface area contributed by atoms with Gasteiger partial charge in [-0.25, -0.2) is 4.98 Å². The van der Waals surface area contributed by atoms with E-state index in [0.717, 1.165) is 35.8 Å². The van der Waals surface area contributed by atoms with Gasteiger partial charge in [0.05, 0.1) is 19.7 Å². The van der Waals surface area contributed by atoms with Crippen LogP contribution in [0.3, 0.4) is 0 Å². The van der Waals surface area contributed by atoms with E-state index in [2.05, 4.69) is 15.2 Å². The minimum absolute atomic E-state index is 0.0158. The summed E-state index contributed by atoms with van der Waals surface area (Å²) in [6.45, 7) is 3.00. The van der Waals surface area contributed by atoms with Gasteiger partial charge in [-0.15, -0.1) is 0 Å². The van der Waals surface area contributed by atoms with E-state index in [0.29, 0.717) is 32.0 Å². The van der Waals surface area contributed by atoms with Crippen LogP contribution in [-0.4, -0.2) is 52.4 Å². The zero-order chi connectivity index (χ0) is 18.8. The number of nitrogens with one attached hydrogen (secondary N) is 1. The van der Waals surface area contributed by atoms with Crippen LogP contribution in [0.15, 0.2) is 24.3 Å². The van der Waals surface area contributed by atoms with Crippen molar-refractivity contribution >= 4 is 5.91 Å². The van der Waals surface area contributed by atoms with Crippen LogP contribution in [0, 0.1) is 5.92 Å². The Morgan fingerprint density at radius 3 is 2.74 bits per heavy atom. The van der Waals surface area contributed by atoms with Crippen LogP contribution in [0.2, 0.25) is 0 Å². The Kier molecular flexibility index (Phi) is 5.09. The number of H-pyrrole nitrogens is 1. The van der Waals surface area contributed by atoms with Gasteiger partial charge in [0.25, 0.3) is 0 Å². The molecule has 1 aliphatic carbocycles. The molecule has 0 spiro atoms. The SMILES string of the molecule is CCOc1ccc(CC(=O)N2CC(CF)C(c3nc(C4CC4)n[nH]3)C2)cc1. The molecule has 27 heavy (non-hydrogen) atoms. The van der Waals surface area contributed by atoms with Crippen molar-refractivity contribution < 1.29 is 13.9 Å². The maximum absolute atomic E-state index is 13.6. The lowest BCUT2D eigenvalue weighted by molar-refractivity contribution is -0.129. The molecule has 0 bridgehead atoms. The van der Waals surface area contributed by atoms with Crippen molar-refractivity contribution in [2.24, 2.45) is 5.92 Å². The Balaban J connectivity index is 1.40. The summed E-state index contributed by atoms with van der Waals surface area (Å²) >= 11 is 0. The molecule has 2 aliphatic rings. The van der Waals surface area contributed by atoms with Crippen molar-refractivity contribution in [2.45, 2.75) is 38.0 Å². The molecule has 2 unspecified atom stereocenters. The molecule has 1 N–H and O–H groups in total. The van der Waals surface area contributed by atoms with E-state index in [1.807, 2.05) is 31.2 Å². The molecule has 1 aromatic heterocycles. The smallest absolute Gasteiger partial charge is 0.227 e. The van der Waals surface area contributed by atoms with Gasteiger partial charge < -0.3 is 9.64 Å². The number of hydrogen-bond donors (Lipinski definition) is 1. The molecule has 7 heteroatoms. The van der Waals surface area contributed by atoms with Crippen LogP contribution in [0.5, 0.6) is 5.75 Å². The first kappa shape index (κ1) is 17.9. The molecule has 1 amide bonds. The fraction of sp³-hybridized carbons (Fsp3) is 0.550. The minimum atomic E-state index is -0.461. The summed E-state index contributed by atoms with van der Waals surface area (Å²) in [6, 6.07) is 7.55. The van der Waals surface area contributed by atoms with E-state index < -0.39 is 6.67 Å². The van der Waals surface area contributed by atoms with Crippen LogP contribution in [0.4, 0.5) is 4.39 Å². The molecular formula is C20H25FN4O2. The topological polar surface area (TPSA) is 71.1 Å². The van der Waals surface area contributed by atoms with E-state index in [1.54, 1.807) is 4.90 Å². The number of nitrogens with zero attached hydrogens (tertiary/aromatic N) is 3.